The fourth-order valence-corrected chi connectivity index (χ4v) is 3.01. The van der Waals surface area contributed by atoms with Crippen molar-refractivity contribution in [3.8, 4) is 0 Å². The summed E-state index contributed by atoms with van der Waals surface area (Å²) in [7, 11) is 0. The van der Waals surface area contributed by atoms with Gasteiger partial charge >= 0.3 is 5.97 Å². The van der Waals surface area contributed by atoms with E-state index in [0.717, 1.165) is 22.2 Å². The van der Waals surface area contributed by atoms with Gasteiger partial charge in [0.15, 0.2) is 0 Å². The topological polar surface area (TPSA) is 62.2 Å². The smallest absolute Gasteiger partial charge is 0.336 e. The van der Waals surface area contributed by atoms with E-state index in [1.807, 2.05) is 60.8 Å². The van der Waals surface area contributed by atoms with Crippen LogP contribution in [0.5, 0.6) is 0 Å². The monoisotopic (exact) mass is 314 g/mol. The van der Waals surface area contributed by atoms with Crippen LogP contribution >= 0.6 is 0 Å². The molecule has 1 aliphatic rings. The number of carboxylic acids is 1. The SMILES string of the molecule is O=C(O)c1cccc2nc3ccccc3c(C3=CC=CC=CN3)c12. The van der Waals surface area contributed by atoms with Crippen molar-refractivity contribution in [2.45, 2.75) is 0 Å². The Hall–Kier alpha value is -3.40. The van der Waals surface area contributed by atoms with Gasteiger partial charge in [-0.25, -0.2) is 9.78 Å². The van der Waals surface area contributed by atoms with E-state index in [4.69, 9.17) is 0 Å². The van der Waals surface area contributed by atoms with Gasteiger partial charge in [-0.2, -0.15) is 0 Å². The Morgan fingerprint density at radius 3 is 2.67 bits per heavy atom. The summed E-state index contributed by atoms with van der Waals surface area (Å²) in [6.07, 6.45) is 9.52. The lowest BCUT2D eigenvalue weighted by Crippen LogP contribution is -2.08. The second-order valence-corrected chi connectivity index (χ2v) is 5.48. The van der Waals surface area contributed by atoms with Crippen LogP contribution < -0.4 is 5.32 Å². The lowest BCUT2D eigenvalue weighted by atomic mass is 9.96. The standard InChI is InChI=1S/C20H14N2O2/c23-20(24)14-8-6-11-17-19(14)18(16-10-2-1-5-12-21-16)13-7-3-4-9-15(13)22-17/h1-12,21H,(H,23,24). The Kier molecular flexibility index (Phi) is 3.35. The fraction of sp³-hybridized carbons (Fsp3) is 0. The van der Waals surface area contributed by atoms with Crippen molar-refractivity contribution in [3.63, 3.8) is 0 Å². The molecule has 2 N–H and O–H groups in total. The van der Waals surface area contributed by atoms with Crippen LogP contribution in [0.25, 0.3) is 27.5 Å². The van der Waals surface area contributed by atoms with Crippen LogP contribution in [0.2, 0.25) is 0 Å². The molecule has 1 aliphatic heterocycles. The van der Waals surface area contributed by atoms with E-state index in [9.17, 15) is 9.90 Å². The Morgan fingerprint density at radius 1 is 0.958 bits per heavy atom. The van der Waals surface area contributed by atoms with Gasteiger partial charge in [-0.15, -0.1) is 0 Å². The minimum Gasteiger partial charge on any atom is -0.478 e. The molecule has 0 aliphatic carbocycles. The van der Waals surface area contributed by atoms with Gasteiger partial charge < -0.3 is 10.4 Å². The van der Waals surface area contributed by atoms with Crippen molar-refractivity contribution >= 4 is 33.5 Å². The summed E-state index contributed by atoms with van der Waals surface area (Å²) in [5.41, 5.74) is 3.45. The van der Waals surface area contributed by atoms with Crippen LogP contribution in [-0.4, -0.2) is 16.1 Å². The average Bonchev–Trinajstić information content (AvgIpc) is 2.88. The molecule has 24 heavy (non-hydrogen) atoms. The van der Waals surface area contributed by atoms with Crippen LogP contribution in [-0.2, 0) is 0 Å². The molecule has 0 fully saturated rings. The van der Waals surface area contributed by atoms with Gasteiger partial charge in [0.1, 0.15) is 0 Å². The molecule has 0 atom stereocenters. The number of nitrogens with zero attached hydrogens (tertiary/aromatic N) is 1. The first-order chi connectivity index (χ1) is 11.8. The zero-order chi connectivity index (χ0) is 16.5. The normalized spacial score (nSPS) is 13.6. The van der Waals surface area contributed by atoms with Gasteiger partial charge in [0, 0.05) is 28.2 Å². The molecule has 1 aromatic heterocycles. The number of carboxylic acid groups (broad SMARTS) is 1. The molecule has 4 rings (SSSR count). The molecule has 0 amide bonds. The number of hydrogen-bond donors (Lipinski definition) is 2. The molecule has 0 saturated heterocycles. The van der Waals surface area contributed by atoms with Gasteiger partial charge in [-0.05, 0) is 30.4 Å². The van der Waals surface area contributed by atoms with Crippen LogP contribution in [0.3, 0.4) is 0 Å². The molecule has 0 radical (unpaired) electrons. The highest BCUT2D eigenvalue weighted by Gasteiger charge is 2.18. The second kappa shape index (κ2) is 5.66. The van der Waals surface area contributed by atoms with Crippen molar-refractivity contribution in [1.82, 2.24) is 10.3 Å². The van der Waals surface area contributed by atoms with Crippen molar-refractivity contribution in [2.24, 2.45) is 0 Å². The number of para-hydroxylation sites is 1. The number of hydrogen-bond acceptors (Lipinski definition) is 3. The quantitative estimate of drug-likeness (QED) is 0.699. The van der Waals surface area contributed by atoms with Crippen LogP contribution in [0.15, 0.2) is 73.0 Å². The van der Waals surface area contributed by atoms with E-state index in [-0.39, 0.29) is 5.56 Å². The maximum atomic E-state index is 11.8. The first kappa shape index (κ1) is 14.2. The van der Waals surface area contributed by atoms with E-state index in [2.05, 4.69) is 10.3 Å². The van der Waals surface area contributed by atoms with Crippen molar-refractivity contribution < 1.29 is 9.90 Å². The van der Waals surface area contributed by atoms with Gasteiger partial charge in [-0.1, -0.05) is 36.4 Å². The van der Waals surface area contributed by atoms with E-state index >= 15 is 0 Å². The summed E-state index contributed by atoms with van der Waals surface area (Å²) < 4.78 is 0. The van der Waals surface area contributed by atoms with Crippen molar-refractivity contribution in [3.05, 3.63) is 84.1 Å². The molecule has 0 bridgehead atoms. The number of allylic oxidation sites excluding steroid dienone is 4. The maximum absolute atomic E-state index is 11.8. The lowest BCUT2D eigenvalue weighted by Gasteiger charge is -2.15. The number of nitrogens with one attached hydrogen (secondary N) is 1. The molecule has 2 heterocycles. The van der Waals surface area contributed by atoms with E-state index < -0.39 is 5.97 Å². The summed E-state index contributed by atoms with van der Waals surface area (Å²) in [6.45, 7) is 0. The largest absolute Gasteiger partial charge is 0.478 e. The number of pyridine rings is 1. The predicted octanol–water partition coefficient (Wildman–Crippen LogP) is 4.10. The first-order valence-corrected chi connectivity index (χ1v) is 7.61. The highest BCUT2D eigenvalue weighted by molar-refractivity contribution is 6.13. The Balaban J connectivity index is 2.20. The average molecular weight is 314 g/mol. The van der Waals surface area contributed by atoms with Crippen molar-refractivity contribution in [1.29, 1.82) is 0 Å². The summed E-state index contributed by atoms with van der Waals surface area (Å²) in [6, 6.07) is 13.0. The molecule has 4 heteroatoms. The number of benzene rings is 2. The van der Waals surface area contributed by atoms with Crippen LogP contribution in [0.4, 0.5) is 0 Å². The van der Waals surface area contributed by atoms with Gasteiger partial charge in [0.05, 0.1) is 16.6 Å². The number of aromatic nitrogens is 1. The van der Waals surface area contributed by atoms with Gasteiger partial charge in [0.25, 0.3) is 0 Å². The number of fused-ring (bicyclic) bond motifs is 2. The Labute approximate surface area is 138 Å². The summed E-state index contributed by atoms with van der Waals surface area (Å²) >= 11 is 0. The summed E-state index contributed by atoms with van der Waals surface area (Å²) in [5.74, 6) is -0.959. The predicted molar refractivity (Wildman–Crippen MR) is 95.6 cm³/mol. The molecular formula is C20H14N2O2. The van der Waals surface area contributed by atoms with E-state index in [1.165, 1.54) is 0 Å². The van der Waals surface area contributed by atoms with Crippen molar-refractivity contribution in [2.75, 3.05) is 0 Å². The molecule has 3 aromatic rings. The third-order valence-corrected chi connectivity index (χ3v) is 4.03. The summed E-state index contributed by atoms with van der Waals surface area (Å²) in [4.78, 5) is 16.4. The lowest BCUT2D eigenvalue weighted by molar-refractivity contribution is 0.0699. The van der Waals surface area contributed by atoms with E-state index in [0.29, 0.717) is 10.9 Å². The zero-order valence-electron chi connectivity index (χ0n) is 12.7. The number of aromatic carboxylic acids is 1. The second-order valence-electron chi connectivity index (χ2n) is 5.48. The molecule has 2 aromatic carbocycles. The maximum Gasteiger partial charge on any atom is 0.336 e. The van der Waals surface area contributed by atoms with Gasteiger partial charge in [0.2, 0.25) is 0 Å². The molecule has 0 spiro atoms. The summed E-state index contributed by atoms with van der Waals surface area (Å²) in [5, 5.41) is 14.4. The highest BCUT2D eigenvalue weighted by atomic mass is 16.4. The molecule has 0 saturated carbocycles. The number of carbonyl (C=O) groups is 1. The third-order valence-electron chi connectivity index (χ3n) is 4.03. The molecule has 4 nitrogen and oxygen atoms in total. The van der Waals surface area contributed by atoms with E-state index in [1.54, 1.807) is 12.1 Å². The Bertz CT molecular complexity index is 1060. The van der Waals surface area contributed by atoms with Crippen LogP contribution in [0, 0.1) is 0 Å². The van der Waals surface area contributed by atoms with Gasteiger partial charge in [-0.3, -0.25) is 0 Å². The number of rotatable bonds is 2. The third kappa shape index (κ3) is 2.25. The fourth-order valence-electron chi connectivity index (χ4n) is 3.01. The minimum atomic E-state index is -0.959. The molecule has 116 valence electrons. The minimum absolute atomic E-state index is 0.251. The Morgan fingerprint density at radius 2 is 1.79 bits per heavy atom. The zero-order valence-corrected chi connectivity index (χ0v) is 12.7. The highest BCUT2D eigenvalue weighted by Crippen LogP contribution is 2.33. The first-order valence-electron chi connectivity index (χ1n) is 7.61. The molecular weight excluding hydrogens is 300 g/mol. The molecule has 0 unspecified atom stereocenters. The van der Waals surface area contributed by atoms with Crippen LogP contribution in [0.1, 0.15) is 15.9 Å².